The fourth-order valence-corrected chi connectivity index (χ4v) is 3.09. The summed E-state index contributed by atoms with van der Waals surface area (Å²) >= 11 is 0. The van der Waals surface area contributed by atoms with Gasteiger partial charge in [0.15, 0.2) is 0 Å². The molecule has 0 atom stereocenters. The zero-order valence-corrected chi connectivity index (χ0v) is 12.0. The summed E-state index contributed by atoms with van der Waals surface area (Å²) in [5.74, 6) is 0. The van der Waals surface area contributed by atoms with Crippen LogP contribution in [0.1, 0.15) is 5.56 Å². The highest BCUT2D eigenvalue weighted by atomic mass is 32.2. The molecule has 1 aliphatic heterocycles. The Morgan fingerprint density at radius 1 is 1.25 bits per heavy atom. The summed E-state index contributed by atoms with van der Waals surface area (Å²) in [6.45, 7) is 4.88. The number of nitrogens with one attached hydrogen (secondary N) is 2. The highest BCUT2D eigenvalue weighted by Gasteiger charge is 2.15. The van der Waals surface area contributed by atoms with Crippen LogP contribution in [0.4, 0.5) is 0 Å². The van der Waals surface area contributed by atoms with Crippen LogP contribution in [0.15, 0.2) is 29.2 Å². The molecule has 2 N–H and O–H groups in total. The van der Waals surface area contributed by atoms with Crippen molar-refractivity contribution in [3.8, 4) is 6.07 Å². The van der Waals surface area contributed by atoms with Gasteiger partial charge in [-0.2, -0.15) is 5.26 Å². The molecule has 6 nitrogen and oxygen atoms in total. The van der Waals surface area contributed by atoms with Gasteiger partial charge in [-0.3, -0.25) is 4.90 Å². The molecular weight excluding hydrogens is 276 g/mol. The molecule has 1 aromatic carbocycles. The van der Waals surface area contributed by atoms with E-state index in [0.29, 0.717) is 18.7 Å². The molecule has 0 aromatic heterocycles. The number of rotatable bonds is 5. The summed E-state index contributed by atoms with van der Waals surface area (Å²) in [6, 6.07) is 7.87. The lowest BCUT2D eigenvalue weighted by molar-refractivity contribution is 0.245. The zero-order valence-electron chi connectivity index (χ0n) is 11.2. The van der Waals surface area contributed by atoms with Crippen LogP contribution < -0.4 is 10.0 Å². The van der Waals surface area contributed by atoms with Crippen molar-refractivity contribution in [1.82, 2.24) is 14.9 Å². The Balaban J connectivity index is 1.88. The maximum Gasteiger partial charge on any atom is 0.240 e. The average molecular weight is 294 g/mol. The van der Waals surface area contributed by atoms with E-state index in [1.165, 1.54) is 24.3 Å². The Labute approximate surface area is 119 Å². The number of hydrogen-bond acceptors (Lipinski definition) is 5. The van der Waals surface area contributed by atoms with Crippen LogP contribution in [0.25, 0.3) is 0 Å². The molecular formula is C13H18N4O2S. The molecule has 0 unspecified atom stereocenters. The van der Waals surface area contributed by atoms with Crippen molar-refractivity contribution in [3.05, 3.63) is 29.8 Å². The minimum Gasteiger partial charge on any atom is -0.314 e. The standard InChI is InChI=1S/C13H18N4O2S/c14-11-12-1-3-13(4-2-12)20(18,19)16-7-10-17-8-5-15-6-9-17/h1-4,15-16H,5-10H2. The van der Waals surface area contributed by atoms with Gasteiger partial charge in [0, 0.05) is 39.3 Å². The lowest BCUT2D eigenvalue weighted by atomic mass is 10.2. The Morgan fingerprint density at radius 2 is 1.90 bits per heavy atom. The molecule has 0 saturated carbocycles. The van der Waals surface area contributed by atoms with E-state index in [1.54, 1.807) is 0 Å². The molecule has 7 heteroatoms. The van der Waals surface area contributed by atoms with Crippen molar-refractivity contribution in [2.45, 2.75) is 4.90 Å². The number of sulfonamides is 1. The monoisotopic (exact) mass is 294 g/mol. The molecule has 20 heavy (non-hydrogen) atoms. The third-order valence-corrected chi connectivity index (χ3v) is 4.70. The summed E-state index contributed by atoms with van der Waals surface area (Å²) in [5, 5.41) is 11.9. The summed E-state index contributed by atoms with van der Waals surface area (Å²) in [4.78, 5) is 2.41. The van der Waals surface area contributed by atoms with E-state index in [0.717, 1.165) is 26.2 Å². The molecule has 0 bridgehead atoms. The van der Waals surface area contributed by atoms with E-state index in [2.05, 4.69) is 14.9 Å². The molecule has 0 spiro atoms. The van der Waals surface area contributed by atoms with Crippen LogP contribution in [-0.4, -0.2) is 52.6 Å². The third-order valence-electron chi connectivity index (χ3n) is 3.22. The van der Waals surface area contributed by atoms with E-state index < -0.39 is 10.0 Å². The molecule has 0 radical (unpaired) electrons. The fourth-order valence-electron chi connectivity index (χ4n) is 2.06. The topological polar surface area (TPSA) is 85.2 Å². The minimum absolute atomic E-state index is 0.191. The number of piperazine rings is 1. The number of benzene rings is 1. The molecule has 1 saturated heterocycles. The van der Waals surface area contributed by atoms with Crippen LogP contribution >= 0.6 is 0 Å². The van der Waals surface area contributed by atoms with Gasteiger partial charge in [0.2, 0.25) is 10.0 Å². The molecule has 1 heterocycles. The van der Waals surface area contributed by atoms with Gasteiger partial charge in [-0.15, -0.1) is 0 Å². The van der Waals surface area contributed by atoms with Gasteiger partial charge in [-0.1, -0.05) is 0 Å². The second-order valence-electron chi connectivity index (χ2n) is 4.63. The van der Waals surface area contributed by atoms with Crippen LogP contribution in [0.2, 0.25) is 0 Å². The van der Waals surface area contributed by atoms with Gasteiger partial charge >= 0.3 is 0 Å². The molecule has 1 aliphatic rings. The largest absolute Gasteiger partial charge is 0.314 e. The van der Waals surface area contributed by atoms with Gasteiger partial charge in [0.1, 0.15) is 0 Å². The SMILES string of the molecule is N#Cc1ccc(S(=O)(=O)NCCN2CCNCC2)cc1. The van der Waals surface area contributed by atoms with Crippen LogP contribution in [-0.2, 0) is 10.0 Å². The van der Waals surface area contributed by atoms with Crippen LogP contribution in [0.3, 0.4) is 0 Å². The zero-order chi connectivity index (χ0) is 14.4. The summed E-state index contributed by atoms with van der Waals surface area (Å²) in [6.07, 6.45) is 0. The highest BCUT2D eigenvalue weighted by Crippen LogP contribution is 2.09. The molecule has 0 aliphatic carbocycles. The maximum atomic E-state index is 12.0. The van der Waals surface area contributed by atoms with Gasteiger partial charge in [0.05, 0.1) is 16.5 Å². The van der Waals surface area contributed by atoms with Gasteiger partial charge < -0.3 is 5.32 Å². The quantitative estimate of drug-likeness (QED) is 0.781. The fraction of sp³-hybridized carbons (Fsp3) is 0.462. The minimum atomic E-state index is -3.49. The normalized spacial score (nSPS) is 16.8. The predicted octanol–water partition coefficient (Wildman–Crippen LogP) is -0.258. The van der Waals surface area contributed by atoms with Gasteiger partial charge in [0.25, 0.3) is 0 Å². The predicted molar refractivity (Wildman–Crippen MR) is 75.7 cm³/mol. The first kappa shape index (κ1) is 14.9. The molecule has 1 fully saturated rings. The van der Waals surface area contributed by atoms with Crippen molar-refractivity contribution in [2.24, 2.45) is 0 Å². The van der Waals surface area contributed by atoms with E-state index >= 15 is 0 Å². The van der Waals surface area contributed by atoms with Crippen LogP contribution in [0, 0.1) is 11.3 Å². The molecule has 108 valence electrons. The first-order valence-corrected chi connectivity index (χ1v) is 8.03. The average Bonchev–Trinajstić information content (AvgIpc) is 2.48. The number of hydrogen-bond donors (Lipinski definition) is 2. The number of nitriles is 1. The maximum absolute atomic E-state index is 12.0. The summed E-state index contributed by atoms with van der Waals surface area (Å²) in [7, 11) is -3.49. The lowest BCUT2D eigenvalue weighted by Crippen LogP contribution is -2.46. The van der Waals surface area contributed by atoms with E-state index in [9.17, 15) is 8.42 Å². The number of nitrogens with zero attached hydrogens (tertiary/aromatic N) is 2. The lowest BCUT2D eigenvalue weighted by Gasteiger charge is -2.27. The van der Waals surface area contributed by atoms with E-state index in [-0.39, 0.29) is 4.90 Å². The Morgan fingerprint density at radius 3 is 2.50 bits per heavy atom. The van der Waals surface area contributed by atoms with Crippen molar-refractivity contribution >= 4 is 10.0 Å². The second-order valence-corrected chi connectivity index (χ2v) is 6.39. The van der Waals surface area contributed by atoms with Gasteiger partial charge in [-0.25, -0.2) is 13.1 Å². The molecule has 0 amide bonds. The first-order valence-electron chi connectivity index (χ1n) is 6.55. The molecule has 2 rings (SSSR count). The van der Waals surface area contributed by atoms with Gasteiger partial charge in [-0.05, 0) is 24.3 Å². The van der Waals surface area contributed by atoms with Crippen molar-refractivity contribution in [1.29, 1.82) is 5.26 Å². The Kier molecular flexibility index (Phi) is 5.09. The Bertz CT molecular complexity index is 571. The third kappa shape index (κ3) is 4.02. The van der Waals surface area contributed by atoms with Crippen molar-refractivity contribution < 1.29 is 8.42 Å². The summed E-state index contributed by atoms with van der Waals surface area (Å²) < 4.78 is 26.7. The smallest absolute Gasteiger partial charge is 0.240 e. The Hall–Kier alpha value is -1.46. The van der Waals surface area contributed by atoms with Crippen LogP contribution in [0.5, 0.6) is 0 Å². The highest BCUT2D eigenvalue weighted by molar-refractivity contribution is 7.89. The van der Waals surface area contributed by atoms with Crippen molar-refractivity contribution in [3.63, 3.8) is 0 Å². The van der Waals surface area contributed by atoms with E-state index in [1.807, 2.05) is 6.07 Å². The summed E-state index contributed by atoms with van der Waals surface area (Å²) in [5.41, 5.74) is 0.449. The first-order chi connectivity index (χ1) is 9.62. The van der Waals surface area contributed by atoms with Crippen molar-refractivity contribution in [2.75, 3.05) is 39.3 Å². The van der Waals surface area contributed by atoms with E-state index in [4.69, 9.17) is 5.26 Å². The molecule has 1 aromatic rings. The second kappa shape index (κ2) is 6.81.